The summed E-state index contributed by atoms with van der Waals surface area (Å²) >= 11 is 0. The highest BCUT2D eigenvalue weighted by Crippen LogP contribution is 2.41. The average Bonchev–Trinajstić information content (AvgIpc) is 3.37. The number of carboxylic acid groups (broad SMARTS) is 1. The first kappa shape index (κ1) is 32.9. The number of hydrogen-bond donors (Lipinski definition) is 3. The summed E-state index contributed by atoms with van der Waals surface area (Å²) in [6.45, 7) is 3.79. The molecule has 0 unspecified atom stereocenters. The van der Waals surface area contributed by atoms with Crippen molar-refractivity contribution in [3.8, 4) is 17.1 Å². The first-order chi connectivity index (χ1) is 23.1. The summed E-state index contributed by atoms with van der Waals surface area (Å²) in [6, 6.07) is 14.1. The van der Waals surface area contributed by atoms with E-state index in [0.29, 0.717) is 47.5 Å². The van der Waals surface area contributed by atoms with Gasteiger partial charge in [-0.25, -0.2) is 9.18 Å². The second kappa shape index (κ2) is 13.6. The fraction of sp³-hybridized carbons (Fsp3) is 0.368. The van der Waals surface area contributed by atoms with Crippen LogP contribution in [0.1, 0.15) is 92.2 Å². The van der Waals surface area contributed by atoms with Gasteiger partial charge in [0.2, 0.25) is 5.91 Å². The predicted molar refractivity (Wildman–Crippen MR) is 184 cm³/mol. The Hall–Kier alpha value is -4.99. The summed E-state index contributed by atoms with van der Waals surface area (Å²) in [7, 11) is 1.49. The molecule has 6 rings (SSSR count). The summed E-state index contributed by atoms with van der Waals surface area (Å²) in [5.74, 6) is -1.62. The number of anilines is 1. The minimum atomic E-state index is -1.07. The van der Waals surface area contributed by atoms with E-state index in [4.69, 9.17) is 4.74 Å². The topological polar surface area (TPSA) is 123 Å². The Morgan fingerprint density at radius 1 is 1.06 bits per heavy atom. The zero-order valence-corrected chi connectivity index (χ0v) is 27.6. The summed E-state index contributed by atoms with van der Waals surface area (Å²) in [6.07, 6.45) is 10.5. The van der Waals surface area contributed by atoms with E-state index in [-0.39, 0.29) is 29.2 Å². The number of aromatic nitrogens is 2. The van der Waals surface area contributed by atoms with Gasteiger partial charge >= 0.3 is 5.97 Å². The minimum absolute atomic E-state index is 0.239. The Morgan fingerprint density at radius 3 is 2.46 bits per heavy atom. The molecule has 3 N–H and O–H groups in total. The van der Waals surface area contributed by atoms with Crippen molar-refractivity contribution in [3.05, 3.63) is 82.8 Å². The van der Waals surface area contributed by atoms with Crippen LogP contribution in [0.5, 0.6) is 5.75 Å². The molecule has 0 radical (unpaired) electrons. The number of nitrogens with zero attached hydrogens (tertiary/aromatic N) is 2. The average molecular weight is 653 g/mol. The number of carboxylic acids is 1. The molecule has 2 aromatic heterocycles. The number of hydrogen-bond acceptors (Lipinski definition) is 5. The van der Waals surface area contributed by atoms with E-state index in [1.54, 1.807) is 43.3 Å². The van der Waals surface area contributed by atoms with Crippen molar-refractivity contribution >= 4 is 40.4 Å². The lowest BCUT2D eigenvalue weighted by atomic mass is 9.75. The number of fused-ring (bicyclic) bond motifs is 1. The van der Waals surface area contributed by atoms with E-state index in [9.17, 15) is 23.9 Å². The number of rotatable bonds is 10. The Labute approximate surface area is 279 Å². The molecule has 48 heavy (non-hydrogen) atoms. The smallest absolute Gasteiger partial charge is 0.331 e. The molecule has 0 saturated heterocycles. The van der Waals surface area contributed by atoms with Crippen molar-refractivity contribution in [1.82, 2.24) is 14.9 Å². The van der Waals surface area contributed by atoms with Crippen molar-refractivity contribution in [3.63, 3.8) is 0 Å². The van der Waals surface area contributed by atoms with E-state index in [1.165, 1.54) is 25.8 Å². The second-order valence-electron chi connectivity index (χ2n) is 12.9. The molecular formula is C38H41FN4O5. The number of halogens is 1. The van der Waals surface area contributed by atoms with Crippen LogP contribution in [-0.2, 0) is 9.59 Å². The van der Waals surface area contributed by atoms with Crippen LogP contribution in [0, 0.1) is 12.7 Å². The molecule has 250 valence electrons. The van der Waals surface area contributed by atoms with Gasteiger partial charge in [-0.05, 0) is 99.6 Å². The van der Waals surface area contributed by atoms with Gasteiger partial charge in [0.25, 0.3) is 5.91 Å². The maximum Gasteiger partial charge on any atom is 0.331 e. The lowest BCUT2D eigenvalue weighted by Crippen LogP contribution is -2.61. The number of amides is 2. The lowest BCUT2D eigenvalue weighted by molar-refractivity contribution is -0.132. The molecule has 10 heteroatoms. The van der Waals surface area contributed by atoms with Crippen molar-refractivity contribution in [2.24, 2.45) is 0 Å². The van der Waals surface area contributed by atoms with Crippen LogP contribution in [0.2, 0.25) is 0 Å². The predicted octanol–water partition coefficient (Wildman–Crippen LogP) is 7.83. The SMILES string of the molecule is CC/C(=C\c1ccc(NC(=O)C2(NC(=O)c3ccc4c(c3)c(C)c(-c3ccc(F)cn3)n4C3CCCCC3)CCC2)cc1OC)C(=O)O. The van der Waals surface area contributed by atoms with Gasteiger partial charge in [0, 0.05) is 45.4 Å². The van der Waals surface area contributed by atoms with Gasteiger partial charge in [0.15, 0.2) is 0 Å². The maximum absolute atomic E-state index is 13.8. The first-order valence-corrected chi connectivity index (χ1v) is 16.7. The highest BCUT2D eigenvalue weighted by atomic mass is 19.1. The number of nitrogens with one attached hydrogen (secondary N) is 2. The molecule has 0 bridgehead atoms. The number of carbonyl (C=O) groups excluding carboxylic acids is 2. The van der Waals surface area contributed by atoms with Gasteiger partial charge in [-0.2, -0.15) is 0 Å². The van der Waals surface area contributed by atoms with Crippen molar-refractivity contribution in [2.75, 3.05) is 12.4 Å². The standard InChI is InChI=1S/C38H41FN4O5/c1-4-24(36(45)46)19-25-11-14-28(21-33(25)48-3)41-37(47)38(17-8-18-38)42-35(44)26-12-16-32-30(20-26)23(2)34(31-15-13-27(39)22-40-31)43(32)29-9-6-5-7-10-29/h11-16,19-22,29H,4-10,17-18H2,1-3H3,(H,41,47)(H,42,44)(H,45,46)/b24-19+. The first-order valence-electron chi connectivity index (χ1n) is 16.7. The molecule has 2 aromatic carbocycles. The van der Waals surface area contributed by atoms with Crippen molar-refractivity contribution in [2.45, 2.75) is 83.2 Å². The molecule has 0 atom stereocenters. The Balaban J connectivity index is 1.26. The molecule has 2 aliphatic rings. The molecule has 9 nitrogen and oxygen atoms in total. The fourth-order valence-electron chi connectivity index (χ4n) is 7.06. The van der Waals surface area contributed by atoms with Crippen molar-refractivity contribution < 1.29 is 28.6 Å². The van der Waals surface area contributed by atoms with Gasteiger partial charge in [0.05, 0.1) is 24.7 Å². The van der Waals surface area contributed by atoms with Crippen LogP contribution in [-0.4, -0.2) is 45.1 Å². The monoisotopic (exact) mass is 652 g/mol. The molecule has 2 amide bonds. The summed E-state index contributed by atoms with van der Waals surface area (Å²) < 4.78 is 21.6. The van der Waals surface area contributed by atoms with E-state index in [0.717, 1.165) is 54.3 Å². The number of methoxy groups -OCH3 is 1. The van der Waals surface area contributed by atoms with Crippen LogP contribution in [0.25, 0.3) is 28.4 Å². The number of ether oxygens (including phenoxy) is 1. The second-order valence-corrected chi connectivity index (χ2v) is 12.9. The molecule has 2 saturated carbocycles. The highest BCUT2D eigenvalue weighted by molar-refractivity contribution is 6.06. The van der Waals surface area contributed by atoms with Crippen LogP contribution in [0.4, 0.5) is 10.1 Å². The van der Waals surface area contributed by atoms with Crippen LogP contribution in [0.3, 0.4) is 0 Å². The largest absolute Gasteiger partial charge is 0.496 e. The van der Waals surface area contributed by atoms with Crippen LogP contribution in [0.15, 0.2) is 60.3 Å². The molecule has 2 aliphatic carbocycles. The van der Waals surface area contributed by atoms with Gasteiger partial charge in [0.1, 0.15) is 17.1 Å². The number of benzene rings is 2. The lowest BCUT2D eigenvalue weighted by Gasteiger charge is -2.40. The molecule has 2 fully saturated rings. The maximum atomic E-state index is 13.8. The van der Waals surface area contributed by atoms with Gasteiger partial charge < -0.3 is 25.0 Å². The number of carbonyl (C=O) groups is 3. The van der Waals surface area contributed by atoms with Gasteiger partial charge in [-0.15, -0.1) is 0 Å². The Morgan fingerprint density at radius 2 is 1.83 bits per heavy atom. The molecule has 2 heterocycles. The number of pyridine rings is 1. The molecule has 4 aromatic rings. The van der Waals surface area contributed by atoms with Gasteiger partial charge in [-0.1, -0.05) is 26.2 Å². The quantitative estimate of drug-likeness (QED) is 0.150. The zero-order valence-electron chi connectivity index (χ0n) is 27.6. The van der Waals surface area contributed by atoms with E-state index < -0.39 is 11.5 Å². The number of aryl methyl sites for hydroxylation is 1. The minimum Gasteiger partial charge on any atom is -0.496 e. The highest BCUT2D eigenvalue weighted by Gasteiger charge is 2.45. The summed E-state index contributed by atoms with van der Waals surface area (Å²) in [5.41, 5.74) is 4.31. The van der Waals surface area contributed by atoms with Gasteiger partial charge in [-0.3, -0.25) is 14.6 Å². The van der Waals surface area contributed by atoms with E-state index in [1.807, 2.05) is 19.1 Å². The molecule has 0 aliphatic heterocycles. The number of aliphatic carboxylic acids is 1. The van der Waals surface area contributed by atoms with E-state index >= 15 is 0 Å². The normalized spacial score (nSPS) is 16.3. The van der Waals surface area contributed by atoms with Crippen molar-refractivity contribution in [1.29, 1.82) is 0 Å². The third-order valence-electron chi connectivity index (χ3n) is 9.90. The Kier molecular flexibility index (Phi) is 9.35. The zero-order chi connectivity index (χ0) is 34.0. The molecular weight excluding hydrogens is 611 g/mol. The van der Waals surface area contributed by atoms with Crippen LogP contribution >= 0.6 is 0 Å². The third kappa shape index (κ3) is 6.31. The summed E-state index contributed by atoms with van der Waals surface area (Å²) in [5, 5.41) is 16.3. The molecule has 0 spiro atoms. The third-order valence-corrected chi connectivity index (χ3v) is 9.90. The van der Waals surface area contributed by atoms with E-state index in [2.05, 4.69) is 20.2 Å². The summed E-state index contributed by atoms with van der Waals surface area (Å²) in [4.78, 5) is 43.4. The fourth-order valence-corrected chi connectivity index (χ4v) is 7.06. The van der Waals surface area contributed by atoms with Crippen LogP contribution < -0.4 is 15.4 Å². The Bertz CT molecular complexity index is 1900.